The van der Waals surface area contributed by atoms with E-state index in [1.165, 1.54) is 23.3 Å². The molecule has 37 heavy (non-hydrogen) atoms. The van der Waals surface area contributed by atoms with Gasteiger partial charge >= 0.3 is 11.7 Å². The Morgan fingerprint density at radius 3 is 2.68 bits per heavy atom. The van der Waals surface area contributed by atoms with Gasteiger partial charge in [-0.1, -0.05) is 36.8 Å². The summed E-state index contributed by atoms with van der Waals surface area (Å²) < 4.78 is 19.2. The van der Waals surface area contributed by atoms with E-state index >= 15 is 0 Å². The highest BCUT2D eigenvalue weighted by Gasteiger charge is 2.35. The zero-order chi connectivity index (χ0) is 26.2. The number of benzene rings is 1. The molecular weight excluding hydrogens is 499 g/mol. The number of nitrogens with one attached hydrogen (secondary N) is 3. The van der Waals surface area contributed by atoms with E-state index in [1.807, 2.05) is 25.1 Å². The Hall–Kier alpha value is -2.56. The molecule has 1 aromatic heterocycles. The molecule has 0 amide bonds. The van der Waals surface area contributed by atoms with Crippen LogP contribution in [0, 0.1) is 5.92 Å². The van der Waals surface area contributed by atoms with Crippen LogP contribution in [-0.4, -0.2) is 40.4 Å². The molecular formula is C25H35N4O7P. The molecule has 2 aliphatic rings. The van der Waals surface area contributed by atoms with Crippen molar-refractivity contribution < 1.29 is 23.6 Å². The van der Waals surface area contributed by atoms with Crippen LogP contribution < -0.4 is 26.4 Å². The molecule has 202 valence electrons. The number of H-pyrrole nitrogens is 1. The molecule has 3 N–H and O–H groups in total. The van der Waals surface area contributed by atoms with Gasteiger partial charge in [-0.2, -0.15) is 0 Å². The molecule has 1 aliphatic carbocycles. The number of hydrogen-bond donors (Lipinski definition) is 3. The summed E-state index contributed by atoms with van der Waals surface area (Å²) in [6.07, 6.45) is 6.37. The fourth-order valence-corrected chi connectivity index (χ4v) is 5.64. The Morgan fingerprint density at radius 2 is 1.95 bits per heavy atom. The van der Waals surface area contributed by atoms with Crippen LogP contribution >= 0.6 is 8.45 Å². The topological polar surface area (TPSA) is 133 Å². The lowest BCUT2D eigenvalue weighted by molar-refractivity contribution is -0.152. The lowest BCUT2D eigenvalue weighted by Gasteiger charge is -2.26. The van der Waals surface area contributed by atoms with E-state index in [9.17, 15) is 14.4 Å². The molecule has 1 saturated carbocycles. The van der Waals surface area contributed by atoms with E-state index in [1.54, 1.807) is 19.1 Å². The molecule has 1 saturated heterocycles. The zero-order valence-corrected chi connectivity index (χ0v) is 22.0. The highest BCUT2D eigenvalue weighted by molar-refractivity contribution is 7.48. The van der Waals surface area contributed by atoms with Gasteiger partial charge in [0.05, 0.1) is 12.7 Å². The zero-order valence-electron chi connectivity index (χ0n) is 21.1. The van der Waals surface area contributed by atoms with Crippen LogP contribution in [0.25, 0.3) is 0 Å². The predicted molar refractivity (Wildman–Crippen MR) is 138 cm³/mol. The second-order valence-corrected chi connectivity index (χ2v) is 10.8. The number of aromatic nitrogens is 2. The maximum atomic E-state index is 12.7. The maximum absolute atomic E-state index is 12.7. The summed E-state index contributed by atoms with van der Waals surface area (Å²) in [6.45, 7) is 3.91. The smallest absolute Gasteiger partial charge is 0.330 e. The Balaban J connectivity index is 1.34. The van der Waals surface area contributed by atoms with Crippen LogP contribution in [0.2, 0.25) is 0 Å². The van der Waals surface area contributed by atoms with Crippen molar-refractivity contribution in [3.63, 3.8) is 0 Å². The summed E-state index contributed by atoms with van der Waals surface area (Å²) in [7, 11) is -1.61. The van der Waals surface area contributed by atoms with Crippen LogP contribution in [0.4, 0.5) is 0 Å². The minimum atomic E-state index is -1.61. The van der Waals surface area contributed by atoms with Crippen molar-refractivity contribution >= 4 is 14.4 Å². The summed E-state index contributed by atoms with van der Waals surface area (Å²) in [4.78, 5) is 44.2. The van der Waals surface area contributed by atoms with Crippen molar-refractivity contribution in [1.29, 1.82) is 0 Å². The summed E-state index contributed by atoms with van der Waals surface area (Å²) >= 11 is 0. The minimum absolute atomic E-state index is 0.0225. The molecule has 12 heteroatoms. The predicted octanol–water partition coefficient (Wildman–Crippen LogP) is 3.14. The molecule has 1 aliphatic heterocycles. The standard InChI is InChI=1S/C25H35N4O7P/c1-17-15-21(34-23(17)29-14-13-22(30)26-25(29)32)16-33-37(28-36-20-11-7-4-8-12-20)27-18(2)24(31)35-19-9-5-3-6-10-19/h4,7-8,11-14,17-19,21,23,27-28H,3,5-6,9-10,15-16H2,1-2H3,(H,26,30,32)/t17-,18+,21-,23+,37?/m0/s1. The van der Waals surface area contributed by atoms with Gasteiger partial charge in [-0.05, 0) is 51.2 Å². The van der Waals surface area contributed by atoms with Crippen LogP contribution in [0.15, 0.2) is 52.2 Å². The Morgan fingerprint density at radius 1 is 1.19 bits per heavy atom. The molecule has 11 nitrogen and oxygen atoms in total. The van der Waals surface area contributed by atoms with Crippen molar-refractivity contribution in [2.24, 2.45) is 5.92 Å². The van der Waals surface area contributed by atoms with Gasteiger partial charge in [0.15, 0.2) is 0 Å². The van der Waals surface area contributed by atoms with Gasteiger partial charge in [-0.15, -0.1) is 0 Å². The maximum Gasteiger partial charge on any atom is 0.330 e. The number of hydrogen-bond acceptors (Lipinski definition) is 9. The second kappa shape index (κ2) is 13.3. The first kappa shape index (κ1) is 27.5. The molecule has 0 bridgehead atoms. The molecule has 4 rings (SSSR count). The molecule has 5 atom stereocenters. The molecule has 2 fully saturated rings. The minimum Gasteiger partial charge on any atom is -0.461 e. The van der Waals surface area contributed by atoms with Crippen LogP contribution in [0.5, 0.6) is 5.75 Å². The average molecular weight is 535 g/mol. The Kier molecular flexibility index (Phi) is 9.88. The SMILES string of the molecule is C[C@@H](NP(NOc1ccccc1)OC[C@@H]1C[C@H](C)[C@H](n2ccc(=O)[nH]c2=O)O1)C(=O)OC1CCCCC1. The normalized spacial score (nSPS) is 23.9. The number of esters is 1. The molecule has 1 aromatic carbocycles. The van der Waals surface area contributed by atoms with E-state index in [0.717, 1.165) is 25.7 Å². The largest absolute Gasteiger partial charge is 0.461 e. The lowest BCUT2D eigenvalue weighted by Crippen LogP contribution is -2.38. The average Bonchev–Trinajstić information content (AvgIpc) is 3.26. The van der Waals surface area contributed by atoms with Crippen LogP contribution in [0.1, 0.15) is 58.6 Å². The van der Waals surface area contributed by atoms with E-state index in [-0.39, 0.29) is 30.7 Å². The van der Waals surface area contributed by atoms with Crippen LogP contribution in [-0.2, 0) is 18.8 Å². The van der Waals surface area contributed by atoms with Gasteiger partial charge < -0.3 is 18.8 Å². The Bertz CT molecular complexity index is 1120. The highest BCUT2D eigenvalue weighted by atomic mass is 31.2. The third-order valence-corrected chi connectivity index (χ3v) is 7.74. The molecule has 2 aromatic rings. The first-order valence-electron chi connectivity index (χ1n) is 12.7. The van der Waals surface area contributed by atoms with Gasteiger partial charge in [-0.3, -0.25) is 19.1 Å². The number of ether oxygens (including phenoxy) is 2. The van der Waals surface area contributed by atoms with Crippen molar-refractivity contribution in [3.05, 3.63) is 63.4 Å². The van der Waals surface area contributed by atoms with Crippen molar-refractivity contribution in [2.75, 3.05) is 6.61 Å². The summed E-state index contributed by atoms with van der Waals surface area (Å²) in [5.41, 5.74) is -0.970. The quantitative estimate of drug-likeness (QED) is 0.226. The summed E-state index contributed by atoms with van der Waals surface area (Å²) in [5, 5.41) is 6.04. The molecule has 0 radical (unpaired) electrons. The fraction of sp³-hybridized carbons (Fsp3) is 0.560. The van der Waals surface area contributed by atoms with Crippen molar-refractivity contribution in [3.8, 4) is 5.75 Å². The first-order valence-corrected chi connectivity index (χ1v) is 14.0. The van der Waals surface area contributed by atoms with Gasteiger partial charge in [0.1, 0.15) is 24.1 Å². The summed E-state index contributed by atoms with van der Waals surface area (Å²) in [6, 6.07) is 9.87. The molecule has 2 heterocycles. The number of rotatable bonds is 11. The third-order valence-electron chi connectivity index (χ3n) is 6.46. The lowest BCUT2D eigenvalue weighted by atomic mass is 9.98. The van der Waals surface area contributed by atoms with E-state index in [4.69, 9.17) is 18.8 Å². The van der Waals surface area contributed by atoms with Crippen LogP contribution in [0.3, 0.4) is 0 Å². The second-order valence-electron chi connectivity index (χ2n) is 9.52. The van der Waals surface area contributed by atoms with Crippen molar-refractivity contribution in [2.45, 2.75) is 76.9 Å². The monoisotopic (exact) mass is 534 g/mol. The van der Waals surface area contributed by atoms with Crippen molar-refractivity contribution in [1.82, 2.24) is 19.9 Å². The molecule has 1 unspecified atom stereocenters. The number of carbonyl (C=O) groups excluding carboxylic acids is 1. The van der Waals surface area contributed by atoms with Gasteiger partial charge in [0, 0.05) is 18.2 Å². The number of nitrogens with zero attached hydrogens (tertiary/aromatic N) is 1. The highest BCUT2D eigenvalue weighted by Crippen LogP contribution is 2.36. The number of aromatic amines is 1. The molecule has 0 spiro atoms. The third kappa shape index (κ3) is 7.96. The summed E-state index contributed by atoms with van der Waals surface area (Å²) in [5.74, 6) is 0.295. The van der Waals surface area contributed by atoms with Gasteiger partial charge in [0.25, 0.3) is 5.56 Å². The van der Waals surface area contributed by atoms with Gasteiger partial charge in [-0.25, -0.2) is 9.88 Å². The van der Waals surface area contributed by atoms with E-state index in [0.29, 0.717) is 12.2 Å². The van der Waals surface area contributed by atoms with E-state index in [2.05, 4.69) is 15.3 Å². The number of para-hydroxylation sites is 1. The van der Waals surface area contributed by atoms with Gasteiger partial charge in [0.2, 0.25) is 8.45 Å². The fourth-order valence-electron chi connectivity index (χ4n) is 4.50. The Labute approximate surface area is 216 Å². The number of carbonyl (C=O) groups is 1. The first-order chi connectivity index (χ1) is 17.9. The van der Waals surface area contributed by atoms with E-state index < -0.39 is 32.0 Å².